The van der Waals surface area contributed by atoms with Crippen molar-refractivity contribution in [3.63, 3.8) is 0 Å². The van der Waals surface area contributed by atoms with E-state index in [2.05, 4.69) is 15.0 Å². The first-order chi connectivity index (χ1) is 13.3. The number of H-pyrrole nitrogens is 2. The van der Waals surface area contributed by atoms with Gasteiger partial charge in [-0.1, -0.05) is 17.7 Å². The third-order valence-electron chi connectivity index (χ3n) is 4.40. The van der Waals surface area contributed by atoms with E-state index in [9.17, 15) is 18.0 Å². The molecule has 3 aromatic heterocycles. The van der Waals surface area contributed by atoms with E-state index in [1.165, 1.54) is 6.07 Å². The summed E-state index contributed by atoms with van der Waals surface area (Å²) in [7, 11) is 0. The number of alkyl halides is 3. The largest absolute Gasteiger partial charge is 0.416 e. The number of primary amides is 1. The molecule has 0 radical (unpaired) electrons. The van der Waals surface area contributed by atoms with Gasteiger partial charge in [0.05, 0.1) is 21.8 Å². The maximum Gasteiger partial charge on any atom is 0.416 e. The number of halogens is 4. The zero-order chi connectivity index (χ0) is 20.1. The number of nitrogens with one attached hydrogen (secondary N) is 2. The third-order valence-corrected chi connectivity index (χ3v) is 4.71. The van der Waals surface area contributed by atoms with E-state index in [1.54, 1.807) is 24.5 Å². The quantitative estimate of drug-likeness (QED) is 0.449. The Hall–Kier alpha value is -3.26. The number of carbonyl (C=O) groups excluding carboxylic acids is 1. The number of fused-ring (bicyclic) bond motifs is 1. The fraction of sp³-hybridized carbons (Fsp3) is 0.0526. The van der Waals surface area contributed by atoms with Crippen LogP contribution >= 0.6 is 11.6 Å². The summed E-state index contributed by atoms with van der Waals surface area (Å²) < 4.78 is 38.7. The summed E-state index contributed by atoms with van der Waals surface area (Å²) in [5, 5.41) is 0.664. The Kier molecular flexibility index (Phi) is 4.15. The van der Waals surface area contributed by atoms with Gasteiger partial charge >= 0.3 is 6.18 Å². The van der Waals surface area contributed by atoms with Crippen LogP contribution in [-0.2, 0) is 6.18 Å². The molecule has 0 spiro atoms. The standard InChI is InChI=1S/C19H12ClF3N4O/c20-14-7-9(19(21,22)23)1-2-12(14)16-13(17(24)28)8-15(27-16)10-3-5-25-18-11(10)4-6-26-18/h1-8,27H,(H2,24,28)(H,25,26). The number of nitrogens with two attached hydrogens (primary N) is 1. The van der Waals surface area contributed by atoms with Crippen molar-refractivity contribution in [2.45, 2.75) is 6.18 Å². The van der Waals surface area contributed by atoms with E-state index in [1.807, 2.05) is 6.07 Å². The SMILES string of the molecule is NC(=O)c1cc(-c2ccnc3[nH]ccc23)[nH]c1-c1ccc(C(F)(F)F)cc1Cl. The summed E-state index contributed by atoms with van der Waals surface area (Å²) >= 11 is 6.09. The Morgan fingerprint density at radius 3 is 2.57 bits per heavy atom. The molecule has 0 bridgehead atoms. The number of pyridine rings is 1. The molecule has 0 unspecified atom stereocenters. The summed E-state index contributed by atoms with van der Waals surface area (Å²) in [6, 6.07) is 8.07. The molecular weight excluding hydrogens is 393 g/mol. The molecule has 0 fully saturated rings. The number of aromatic nitrogens is 3. The summed E-state index contributed by atoms with van der Waals surface area (Å²) in [6.07, 6.45) is -1.19. The zero-order valence-electron chi connectivity index (χ0n) is 14.1. The van der Waals surface area contributed by atoms with E-state index < -0.39 is 17.6 Å². The van der Waals surface area contributed by atoms with Gasteiger partial charge in [0.15, 0.2) is 0 Å². The van der Waals surface area contributed by atoms with Crippen LogP contribution in [0.4, 0.5) is 13.2 Å². The molecule has 0 aliphatic heterocycles. The molecule has 1 aromatic carbocycles. The van der Waals surface area contributed by atoms with Gasteiger partial charge in [0.25, 0.3) is 5.91 Å². The molecule has 0 atom stereocenters. The molecular formula is C19H12ClF3N4O. The summed E-state index contributed by atoms with van der Waals surface area (Å²) in [5.74, 6) is -0.729. The van der Waals surface area contributed by atoms with Gasteiger partial charge in [-0.3, -0.25) is 4.79 Å². The molecule has 4 N–H and O–H groups in total. The van der Waals surface area contributed by atoms with Crippen LogP contribution in [0.2, 0.25) is 5.02 Å². The van der Waals surface area contributed by atoms with Gasteiger partial charge in [-0.15, -0.1) is 0 Å². The number of benzene rings is 1. The first-order valence-electron chi connectivity index (χ1n) is 8.08. The van der Waals surface area contributed by atoms with Crippen molar-refractivity contribution in [3.05, 3.63) is 64.9 Å². The van der Waals surface area contributed by atoms with Crippen molar-refractivity contribution in [1.82, 2.24) is 15.0 Å². The van der Waals surface area contributed by atoms with E-state index in [0.29, 0.717) is 11.3 Å². The molecule has 0 saturated carbocycles. The number of amides is 1. The lowest BCUT2D eigenvalue weighted by Crippen LogP contribution is -2.11. The average molecular weight is 405 g/mol. The molecule has 142 valence electrons. The number of nitrogens with zero attached hydrogens (tertiary/aromatic N) is 1. The topological polar surface area (TPSA) is 87.6 Å². The predicted molar refractivity (Wildman–Crippen MR) is 99.8 cm³/mol. The lowest BCUT2D eigenvalue weighted by molar-refractivity contribution is -0.137. The lowest BCUT2D eigenvalue weighted by atomic mass is 10.0. The van der Waals surface area contributed by atoms with Crippen LogP contribution in [0.1, 0.15) is 15.9 Å². The number of hydrogen-bond acceptors (Lipinski definition) is 2. The van der Waals surface area contributed by atoms with Gasteiger partial charge in [-0.2, -0.15) is 13.2 Å². The van der Waals surface area contributed by atoms with Crippen LogP contribution < -0.4 is 5.73 Å². The molecule has 3 heterocycles. The van der Waals surface area contributed by atoms with Crippen LogP contribution in [0.15, 0.2) is 48.8 Å². The van der Waals surface area contributed by atoms with Crippen molar-refractivity contribution < 1.29 is 18.0 Å². The highest BCUT2D eigenvalue weighted by Gasteiger charge is 2.31. The smallest absolute Gasteiger partial charge is 0.366 e. The van der Waals surface area contributed by atoms with Crippen LogP contribution in [-0.4, -0.2) is 20.9 Å². The number of aromatic amines is 2. The second-order valence-corrected chi connectivity index (χ2v) is 6.53. The Bertz CT molecular complexity index is 1210. The Balaban J connectivity index is 1.89. The first kappa shape index (κ1) is 18.1. The van der Waals surface area contributed by atoms with Crippen molar-refractivity contribution in [2.75, 3.05) is 0 Å². The zero-order valence-corrected chi connectivity index (χ0v) is 14.8. The molecule has 9 heteroatoms. The number of rotatable bonds is 3. The van der Waals surface area contributed by atoms with E-state index in [0.717, 1.165) is 23.1 Å². The molecule has 0 saturated heterocycles. The second kappa shape index (κ2) is 6.42. The fourth-order valence-corrected chi connectivity index (χ4v) is 3.37. The van der Waals surface area contributed by atoms with Gasteiger partial charge in [0.2, 0.25) is 0 Å². The molecule has 28 heavy (non-hydrogen) atoms. The van der Waals surface area contributed by atoms with E-state index >= 15 is 0 Å². The van der Waals surface area contributed by atoms with Crippen molar-refractivity contribution in [2.24, 2.45) is 5.73 Å². The number of hydrogen-bond donors (Lipinski definition) is 3. The summed E-state index contributed by atoms with van der Waals surface area (Å²) in [5.41, 5.74) is 7.19. The average Bonchev–Trinajstić information content (AvgIpc) is 3.27. The van der Waals surface area contributed by atoms with E-state index in [-0.39, 0.29) is 21.8 Å². The van der Waals surface area contributed by atoms with Crippen LogP contribution in [0, 0.1) is 0 Å². The first-order valence-corrected chi connectivity index (χ1v) is 8.46. The van der Waals surface area contributed by atoms with Crippen LogP contribution in [0.3, 0.4) is 0 Å². The van der Waals surface area contributed by atoms with Gasteiger partial charge < -0.3 is 15.7 Å². The Morgan fingerprint density at radius 2 is 1.89 bits per heavy atom. The normalized spacial score (nSPS) is 11.9. The van der Waals surface area contributed by atoms with Crippen LogP contribution in [0.5, 0.6) is 0 Å². The third kappa shape index (κ3) is 3.01. The Labute approximate surface area is 161 Å². The van der Waals surface area contributed by atoms with Crippen LogP contribution in [0.25, 0.3) is 33.5 Å². The van der Waals surface area contributed by atoms with E-state index in [4.69, 9.17) is 17.3 Å². The minimum atomic E-state index is -4.52. The lowest BCUT2D eigenvalue weighted by Gasteiger charge is -2.10. The van der Waals surface area contributed by atoms with Crippen molar-refractivity contribution >= 4 is 28.5 Å². The molecule has 5 nitrogen and oxygen atoms in total. The monoisotopic (exact) mass is 404 g/mol. The fourth-order valence-electron chi connectivity index (χ4n) is 3.10. The molecule has 4 aromatic rings. The Morgan fingerprint density at radius 1 is 1.11 bits per heavy atom. The summed E-state index contributed by atoms with van der Waals surface area (Å²) in [6.45, 7) is 0. The minimum absolute atomic E-state index is 0.122. The molecule has 0 aliphatic rings. The maximum atomic E-state index is 12.9. The second-order valence-electron chi connectivity index (χ2n) is 6.13. The van der Waals surface area contributed by atoms with Crippen molar-refractivity contribution in [1.29, 1.82) is 0 Å². The highest BCUT2D eigenvalue weighted by Crippen LogP contribution is 2.38. The highest BCUT2D eigenvalue weighted by atomic mass is 35.5. The highest BCUT2D eigenvalue weighted by molar-refractivity contribution is 6.33. The molecule has 1 amide bonds. The molecule has 4 rings (SSSR count). The maximum absolute atomic E-state index is 12.9. The van der Waals surface area contributed by atoms with Gasteiger partial charge in [-0.25, -0.2) is 4.98 Å². The van der Waals surface area contributed by atoms with Gasteiger partial charge in [0.1, 0.15) is 5.65 Å². The summed E-state index contributed by atoms with van der Waals surface area (Å²) in [4.78, 5) is 22.2. The van der Waals surface area contributed by atoms with Crippen molar-refractivity contribution in [3.8, 4) is 22.5 Å². The van der Waals surface area contributed by atoms with Gasteiger partial charge in [0, 0.05) is 34.6 Å². The minimum Gasteiger partial charge on any atom is -0.366 e. The van der Waals surface area contributed by atoms with Gasteiger partial charge in [-0.05, 0) is 30.3 Å². The molecule has 0 aliphatic carbocycles. The predicted octanol–water partition coefficient (Wildman–Crippen LogP) is 5.00. The number of carbonyl (C=O) groups is 1.